The van der Waals surface area contributed by atoms with E-state index in [0.29, 0.717) is 18.0 Å². The van der Waals surface area contributed by atoms with E-state index in [0.717, 1.165) is 6.42 Å². The number of halogens is 2. The molecule has 0 radical (unpaired) electrons. The van der Waals surface area contributed by atoms with Gasteiger partial charge < -0.3 is 5.32 Å². The van der Waals surface area contributed by atoms with Gasteiger partial charge in [-0.05, 0) is 31.5 Å². The Hall–Kier alpha value is -0.600. The summed E-state index contributed by atoms with van der Waals surface area (Å²) < 4.78 is 13.5. The fraction of sp³-hybridized carbons (Fsp3) is 0.455. The highest BCUT2D eigenvalue weighted by molar-refractivity contribution is 6.30. The Kier molecular flexibility index (Phi) is 4.36. The van der Waals surface area contributed by atoms with Crippen LogP contribution in [0.2, 0.25) is 5.02 Å². The second-order valence-corrected chi connectivity index (χ2v) is 3.72. The van der Waals surface area contributed by atoms with Crippen molar-refractivity contribution < 1.29 is 4.39 Å². The van der Waals surface area contributed by atoms with Crippen molar-refractivity contribution in [2.45, 2.75) is 25.8 Å². The zero-order valence-corrected chi connectivity index (χ0v) is 9.24. The van der Waals surface area contributed by atoms with Crippen LogP contribution in [0.5, 0.6) is 0 Å². The molecule has 0 aromatic heterocycles. The van der Waals surface area contributed by atoms with Crippen LogP contribution in [-0.2, 0) is 6.42 Å². The van der Waals surface area contributed by atoms with Crippen LogP contribution in [-0.4, -0.2) is 13.1 Å². The lowest BCUT2D eigenvalue weighted by Gasteiger charge is -2.14. The van der Waals surface area contributed by atoms with Gasteiger partial charge in [0.2, 0.25) is 0 Å². The van der Waals surface area contributed by atoms with Crippen molar-refractivity contribution in [1.82, 2.24) is 5.32 Å². The number of hydrogen-bond donors (Lipinski definition) is 1. The first-order valence-electron chi connectivity index (χ1n) is 4.79. The van der Waals surface area contributed by atoms with Crippen molar-refractivity contribution in [3.05, 3.63) is 34.6 Å². The van der Waals surface area contributed by atoms with Crippen LogP contribution in [0.4, 0.5) is 4.39 Å². The molecule has 0 bridgehead atoms. The monoisotopic (exact) mass is 215 g/mol. The minimum absolute atomic E-state index is 0.202. The smallest absolute Gasteiger partial charge is 0.145 e. The van der Waals surface area contributed by atoms with Crippen LogP contribution in [0.15, 0.2) is 18.2 Å². The third-order valence-electron chi connectivity index (χ3n) is 2.40. The van der Waals surface area contributed by atoms with Gasteiger partial charge in [-0.1, -0.05) is 30.7 Å². The maximum Gasteiger partial charge on any atom is 0.145 e. The van der Waals surface area contributed by atoms with Crippen LogP contribution < -0.4 is 5.32 Å². The predicted molar refractivity (Wildman–Crippen MR) is 58.3 cm³/mol. The fourth-order valence-corrected chi connectivity index (χ4v) is 1.62. The molecule has 1 aromatic carbocycles. The molecule has 3 heteroatoms. The zero-order chi connectivity index (χ0) is 10.6. The van der Waals surface area contributed by atoms with E-state index in [1.807, 2.05) is 7.05 Å². The molecule has 0 aliphatic carbocycles. The average Bonchev–Trinajstić information content (AvgIpc) is 2.20. The van der Waals surface area contributed by atoms with Gasteiger partial charge >= 0.3 is 0 Å². The molecule has 0 fully saturated rings. The van der Waals surface area contributed by atoms with Crippen LogP contribution in [0, 0.1) is 5.82 Å². The lowest BCUT2D eigenvalue weighted by atomic mass is 10.0. The Bertz CT molecular complexity index is 297. The Labute approximate surface area is 89.3 Å². The van der Waals surface area contributed by atoms with E-state index in [1.54, 1.807) is 18.2 Å². The maximum absolute atomic E-state index is 13.5. The summed E-state index contributed by atoms with van der Waals surface area (Å²) in [6.07, 6.45) is 1.65. The average molecular weight is 216 g/mol. The molecule has 1 aromatic rings. The zero-order valence-electron chi connectivity index (χ0n) is 8.48. The molecule has 0 heterocycles. The summed E-state index contributed by atoms with van der Waals surface area (Å²) in [4.78, 5) is 0. The van der Waals surface area contributed by atoms with Crippen molar-refractivity contribution in [1.29, 1.82) is 0 Å². The molecule has 0 spiro atoms. The van der Waals surface area contributed by atoms with E-state index < -0.39 is 0 Å². The van der Waals surface area contributed by atoms with Crippen LogP contribution in [0.25, 0.3) is 0 Å². The van der Waals surface area contributed by atoms with E-state index >= 15 is 0 Å². The second kappa shape index (κ2) is 5.32. The third-order valence-corrected chi connectivity index (χ3v) is 2.69. The summed E-state index contributed by atoms with van der Waals surface area (Å²) in [5.74, 6) is -0.289. The molecular formula is C11H15ClFN. The number of hydrogen-bond acceptors (Lipinski definition) is 1. The van der Waals surface area contributed by atoms with E-state index in [9.17, 15) is 4.39 Å². The first-order valence-corrected chi connectivity index (χ1v) is 5.17. The van der Waals surface area contributed by atoms with Gasteiger partial charge in [0.15, 0.2) is 0 Å². The second-order valence-electron chi connectivity index (χ2n) is 3.31. The van der Waals surface area contributed by atoms with Gasteiger partial charge in [-0.3, -0.25) is 0 Å². The van der Waals surface area contributed by atoms with E-state index in [1.165, 1.54) is 0 Å². The Morgan fingerprint density at radius 3 is 2.79 bits per heavy atom. The van der Waals surface area contributed by atoms with Gasteiger partial charge in [0.1, 0.15) is 5.82 Å². The largest absolute Gasteiger partial charge is 0.317 e. The molecule has 14 heavy (non-hydrogen) atoms. The number of nitrogens with one attached hydrogen (secondary N) is 1. The van der Waals surface area contributed by atoms with E-state index in [2.05, 4.69) is 12.2 Å². The summed E-state index contributed by atoms with van der Waals surface area (Å²) >= 11 is 5.69. The minimum Gasteiger partial charge on any atom is -0.317 e. The standard InChI is InChI=1S/C11H15ClFN/c1-3-9(14-2)7-8-5-4-6-10(12)11(8)13/h4-6,9,14H,3,7H2,1-2H3. The summed E-state index contributed by atoms with van der Waals surface area (Å²) in [6, 6.07) is 5.44. The molecule has 1 nitrogen and oxygen atoms in total. The van der Waals surface area contributed by atoms with Crippen molar-refractivity contribution in [3.8, 4) is 0 Å². The molecule has 1 unspecified atom stereocenters. The van der Waals surface area contributed by atoms with Crippen molar-refractivity contribution >= 4 is 11.6 Å². The minimum atomic E-state index is -0.289. The molecule has 0 saturated heterocycles. The molecule has 0 saturated carbocycles. The number of benzene rings is 1. The van der Waals surface area contributed by atoms with Crippen LogP contribution in [0.1, 0.15) is 18.9 Å². The molecule has 0 amide bonds. The summed E-state index contributed by atoms with van der Waals surface area (Å²) in [5, 5.41) is 3.34. The highest BCUT2D eigenvalue weighted by Crippen LogP contribution is 2.19. The first-order chi connectivity index (χ1) is 6.69. The topological polar surface area (TPSA) is 12.0 Å². The highest BCUT2D eigenvalue weighted by atomic mass is 35.5. The predicted octanol–water partition coefficient (Wildman–Crippen LogP) is 3.02. The lowest BCUT2D eigenvalue weighted by Crippen LogP contribution is -2.26. The van der Waals surface area contributed by atoms with Gasteiger partial charge in [-0.25, -0.2) is 4.39 Å². The van der Waals surface area contributed by atoms with Gasteiger partial charge in [0.25, 0.3) is 0 Å². The van der Waals surface area contributed by atoms with Crippen LogP contribution in [0.3, 0.4) is 0 Å². The normalized spacial score (nSPS) is 12.9. The van der Waals surface area contributed by atoms with Gasteiger partial charge in [0.05, 0.1) is 5.02 Å². The Morgan fingerprint density at radius 2 is 2.21 bits per heavy atom. The molecular weight excluding hydrogens is 201 g/mol. The van der Waals surface area contributed by atoms with Gasteiger partial charge in [0, 0.05) is 6.04 Å². The SMILES string of the molecule is CCC(Cc1cccc(Cl)c1F)NC. The van der Waals surface area contributed by atoms with Gasteiger partial charge in [-0.15, -0.1) is 0 Å². The number of likely N-dealkylation sites (N-methyl/N-ethyl adjacent to an activating group) is 1. The fourth-order valence-electron chi connectivity index (χ4n) is 1.42. The summed E-state index contributed by atoms with van der Waals surface area (Å²) in [6.45, 7) is 2.07. The lowest BCUT2D eigenvalue weighted by molar-refractivity contribution is 0.522. The molecule has 0 aliphatic heterocycles. The summed E-state index contributed by atoms with van der Waals surface area (Å²) in [7, 11) is 1.89. The van der Waals surface area contributed by atoms with E-state index in [-0.39, 0.29) is 10.8 Å². The Balaban J connectivity index is 2.80. The molecule has 78 valence electrons. The highest BCUT2D eigenvalue weighted by Gasteiger charge is 2.10. The summed E-state index contributed by atoms with van der Waals surface area (Å²) in [5.41, 5.74) is 0.679. The quantitative estimate of drug-likeness (QED) is 0.814. The first kappa shape index (κ1) is 11.5. The van der Waals surface area contributed by atoms with Gasteiger partial charge in [-0.2, -0.15) is 0 Å². The molecule has 1 atom stereocenters. The van der Waals surface area contributed by atoms with E-state index in [4.69, 9.17) is 11.6 Å². The third kappa shape index (κ3) is 2.69. The number of rotatable bonds is 4. The van der Waals surface area contributed by atoms with Crippen molar-refractivity contribution in [2.75, 3.05) is 7.05 Å². The van der Waals surface area contributed by atoms with Crippen molar-refractivity contribution in [2.24, 2.45) is 0 Å². The molecule has 1 rings (SSSR count). The maximum atomic E-state index is 13.5. The van der Waals surface area contributed by atoms with Crippen LogP contribution >= 0.6 is 11.6 Å². The molecule has 0 aliphatic rings. The van der Waals surface area contributed by atoms with Crippen molar-refractivity contribution in [3.63, 3.8) is 0 Å². The Morgan fingerprint density at radius 1 is 1.50 bits per heavy atom. The molecule has 1 N–H and O–H groups in total.